The van der Waals surface area contributed by atoms with Gasteiger partial charge in [0.15, 0.2) is 0 Å². The van der Waals surface area contributed by atoms with E-state index in [1.54, 1.807) is 0 Å². The zero-order chi connectivity index (χ0) is 25.1. The molecule has 0 aromatic carbocycles. The van der Waals surface area contributed by atoms with Gasteiger partial charge >= 0.3 is 49.3 Å². The van der Waals surface area contributed by atoms with E-state index in [4.69, 9.17) is 9.30 Å². The van der Waals surface area contributed by atoms with Gasteiger partial charge in [0.05, 0.1) is 0 Å². The van der Waals surface area contributed by atoms with Crippen LogP contribution in [0.2, 0.25) is 0 Å². The van der Waals surface area contributed by atoms with Gasteiger partial charge in [-0.05, 0) is 34.0 Å². The van der Waals surface area contributed by atoms with Crippen LogP contribution in [0.15, 0.2) is 0 Å². The standard InChI is InChI=1S/2C9H21P.2CO.CH3.BF4.Ru/c2*1-7(2)10(8(3)4)9(5)6;2*1-2;;2-1(3,4)5;/h2*7-9H,1-6H3;;;1H3;;/q;;;;2*-1;+2. The average Bonchev–Trinajstić information content (AvgIpc) is 2.47. The monoisotopic (exact) mass is 580 g/mol. The SMILES string of the molecule is CC(C)P(C(C)C)C(C)C.CC(C)P(C(C)C)C(C)C.F[B-](F)(F)F.[C-]#[O+].[C-]#[O+].[CH3-].[Ru+2]. The summed E-state index contributed by atoms with van der Waals surface area (Å²) in [5.74, 6) is 0. The van der Waals surface area contributed by atoms with Gasteiger partial charge in [-0.1, -0.05) is 98.9 Å². The van der Waals surface area contributed by atoms with E-state index in [2.05, 4.69) is 96.4 Å². The fourth-order valence-corrected chi connectivity index (χ4v) is 10.7. The molecule has 0 aliphatic carbocycles. The van der Waals surface area contributed by atoms with Crippen molar-refractivity contribution in [2.24, 2.45) is 0 Å². The summed E-state index contributed by atoms with van der Waals surface area (Å²) in [6.07, 6.45) is 0. The van der Waals surface area contributed by atoms with Gasteiger partial charge in [-0.2, -0.15) is 0 Å². The zero-order valence-corrected chi connectivity index (χ0v) is 25.1. The second-order valence-corrected chi connectivity index (χ2v) is 15.9. The van der Waals surface area contributed by atoms with Gasteiger partial charge in [-0.25, -0.2) is 0 Å². The van der Waals surface area contributed by atoms with E-state index in [1.165, 1.54) is 0 Å². The molecule has 2 nitrogen and oxygen atoms in total. The van der Waals surface area contributed by atoms with Crippen molar-refractivity contribution in [3.8, 4) is 0 Å². The molecule has 0 rings (SSSR count). The van der Waals surface area contributed by atoms with Crippen LogP contribution in [0.5, 0.6) is 0 Å². The Morgan fingerprint density at radius 2 is 0.548 bits per heavy atom. The predicted octanol–water partition coefficient (Wildman–Crippen LogP) is 9.06. The Kier molecular flexibility index (Phi) is 45.5. The molecule has 0 heterocycles. The molecular weight excluding hydrogens is 534 g/mol. The van der Waals surface area contributed by atoms with E-state index in [9.17, 15) is 17.3 Å². The van der Waals surface area contributed by atoms with Gasteiger partial charge < -0.3 is 24.7 Å². The fourth-order valence-electron chi connectivity index (χ4n) is 3.58. The first-order chi connectivity index (χ1) is 12.9. The molecule has 0 unspecified atom stereocenters. The van der Waals surface area contributed by atoms with Crippen LogP contribution < -0.4 is 0 Å². The Balaban J connectivity index is -0.0000000518. The molecule has 10 heteroatoms. The number of hydrogen-bond donors (Lipinski definition) is 0. The smallest absolute Gasteiger partial charge is 0.358 e. The van der Waals surface area contributed by atoms with Crippen LogP contribution in [-0.4, -0.2) is 41.2 Å². The summed E-state index contributed by atoms with van der Waals surface area (Å²) >= 11 is 0. The molecule has 0 aromatic heterocycles. The van der Waals surface area contributed by atoms with E-state index in [0.29, 0.717) is 0 Å². The van der Waals surface area contributed by atoms with Crippen molar-refractivity contribution < 1.29 is 46.0 Å². The third-order valence-corrected chi connectivity index (χ3v) is 10.7. The summed E-state index contributed by atoms with van der Waals surface area (Å²) in [5, 5.41) is 0. The van der Waals surface area contributed by atoms with Crippen LogP contribution in [0.25, 0.3) is 0 Å². The number of rotatable bonds is 6. The van der Waals surface area contributed by atoms with Crippen molar-refractivity contribution in [3.05, 3.63) is 20.7 Å². The minimum absolute atomic E-state index is 0. The van der Waals surface area contributed by atoms with E-state index in [-0.39, 0.29) is 42.7 Å². The Labute approximate surface area is 206 Å². The summed E-state index contributed by atoms with van der Waals surface area (Å²) in [6, 6.07) is 0. The number of hydrogen-bond acceptors (Lipinski definition) is 0. The molecule has 0 aromatic rings. The van der Waals surface area contributed by atoms with Crippen molar-refractivity contribution >= 4 is 23.1 Å². The van der Waals surface area contributed by atoms with Crippen molar-refractivity contribution in [1.82, 2.24) is 0 Å². The molecule has 0 aliphatic heterocycles. The van der Waals surface area contributed by atoms with Gasteiger partial charge in [0, 0.05) is 0 Å². The summed E-state index contributed by atoms with van der Waals surface area (Å²) in [5.41, 5.74) is 5.39. The maximum atomic E-state index is 9.75. The van der Waals surface area contributed by atoms with Crippen LogP contribution in [0.4, 0.5) is 17.3 Å². The van der Waals surface area contributed by atoms with E-state index in [1.807, 2.05) is 0 Å². The Bertz CT molecular complexity index is 317. The zero-order valence-electron chi connectivity index (χ0n) is 21.6. The van der Waals surface area contributed by atoms with Gasteiger partial charge in [0.1, 0.15) is 0 Å². The molecule has 0 saturated heterocycles. The normalized spacial score (nSPS) is 10.2. The molecule has 0 aliphatic rings. The Morgan fingerprint density at radius 3 is 0.548 bits per heavy atom. The minimum atomic E-state index is -6.00. The van der Waals surface area contributed by atoms with Crippen molar-refractivity contribution in [1.29, 1.82) is 0 Å². The topological polar surface area (TPSA) is 39.8 Å². The van der Waals surface area contributed by atoms with Crippen molar-refractivity contribution in [2.45, 2.75) is 117 Å². The largest absolute Gasteiger partial charge is 2.00 e. The van der Waals surface area contributed by atoms with Gasteiger partial charge in [-0.15, -0.1) is 0 Å². The predicted molar refractivity (Wildman–Crippen MR) is 129 cm³/mol. The Morgan fingerprint density at radius 1 is 0.484 bits per heavy atom. The molecule has 0 bridgehead atoms. The molecule has 190 valence electrons. The summed E-state index contributed by atoms with van der Waals surface area (Å²) in [6.45, 7) is 37.2. The number of halogens is 4. The van der Waals surface area contributed by atoms with Crippen LogP contribution >= 0.6 is 15.8 Å². The van der Waals surface area contributed by atoms with E-state index in [0.717, 1.165) is 34.0 Å². The molecule has 31 heavy (non-hydrogen) atoms. The molecular formula is C21H45BF4O2P2Ru. The van der Waals surface area contributed by atoms with E-state index >= 15 is 0 Å². The fraction of sp³-hybridized carbons (Fsp3) is 0.857. The van der Waals surface area contributed by atoms with Crippen LogP contribution in [0, 0.1) is 20.7 Å². The second kappa shape index (κ2) is 28.8. The first kappa shape index (κ1) is 49.0. The summed E-state index contributed by atoms with van der Waals surface area (Å²) < 4.78 is 54.0. The van der Waals surface area contributed by atoms with Crippen LogP contribution in [0.1, 0.15) is 83.1 Å². The third-order valence-electron chi connectivity index (χ3n) is 3.58. The average molecular weight is 579 g/mol. The maximum absolute atomic E-state index is 9.75. The molecule has 0 spiro atoms. The Hall–Kier alpha value is 0.748. The van der Waals surface area contributed by atoms with Gasteiger partial charge in [-0.3, -0.25) is 0 Å². The van der Waals surface area contributed by atoms with Crippen LogP contribution in [0.3, 0.4) is 0 Å². The maximum Gasteiger partial charge on any atom is 2.00 e. The van der Waals surface area contributed by atoms with Crippen molar-refractivity contribution in [2.75, 3.05) is 0 Å². The summed E-state index contributed by atoms with van der Waals surface area (Å²) in [7, 11) is -5.48. The van der Waals surface area contributed by atoms with Gasteiger partial charge in [0.25, 0.3) is 0 Å². The first-order valence-corrected chi connectivity index (χ1v) is 12.9. The summed E-state index contributed by atoms with van der Waals surface area (Å²) in [4.78, 5) is 0. The quantitative estimate of drug-likeness (QED) is 0.0991. The molecule has 0 atom stereocenters. The molecule has 0 fully saturated rings. The third kappa shape index (κ3) is 41.5. The van der Waals surface area contributed by atoms with E-state index < -0.39 is 7.25 Å². The molecule has 0 saturated carbocycles. The van der Waals surface area contributed by atoms with Gasteiger partial charge in [0.2, 0.25) is 0 Å². The molecule has 0 N–H and O–H groups in total. The van der Waals surface area contributed by atoms with Crippen LogP contribution in [-0.2, 0) is 28.8 Å². The molecule has 0 amide bonds. The second-order valence-electron chi connectivity index (χ2n) is 7.95. The minimum Gasteiger partial charge on any atom is -0.358 e. The molecule has 0 radical (unpaired) electrons. The van der Waals surface area contributed by atoms with Crippen molar-refractivity contribution in [3.63, 3.8) is 0 Å². The first-order valence-electron chi connectivity index (χ1n) is 9.76.